The minimum absolute atomic E-state index is 0.0212. The van der Waals surface area contributed by atoms with E-state index in [2.05, 4.69) is 5.32 Å². The van der Waals surface area contributed by atoms with Crippen LogP contribution in [0, 0.1) is 0 Å². The van der Waals surface area contributed by atoms with E-state index in [-0.39, 0.29) is 24.0 Å². The fourth-order valence-electron chi connectivity index (χ4n) is 2.40. The maximum atomic E-state index is 11.3. The van der Waals surface area contributed by atoms with Crippen LogP contribution in [-0.4, -0.2) is 41.3 Å². The van der Waals surface area contributed by atoms with Crippen LogP contribution in [0.3, 0.4) is 0 Å². The molecule has 20 heavy (non-hydrogen) atoms. The summed E-state index contributed by atoms with van der Waals surface area (Å²) in [6, 6.07) is -0.856. The molecule has 0 spiro atoms. The molecule has 6 nitrogen and oxygen atoms in total. The van der Waals surface area contributed by atoms with E-state index >= 15 is 0 Å². The monoisotopic (exact) mass is 283 g/mol. The van der Waals surface area contributed by atoms with E-state index in [0.717, 1.165) is 12.8 Å². The summed E-state index contributed by atoms with van der Waals surface area (Å²) in [5, 5.41) is 11.9. The lowest BCUT2D eigenvalue weighted by Gasteiger charge is -2.36. The predicted molar refractivity (Wildman–Crippen MR) is 75.2 cm³/mol. The molecular weight excluding hydrogens is 259 g/mol. The minimum Gasteiger partial charge on any atom is -0.478 e. The summed E-state index contributed by atoms with van der Waals surface area (Å²) in [6.45, 7) is 5.43. The molecule has 1 aliphatic rings. The third kappa shape index (κ3) is 4.31. The summed E-state index contributed by atoms with van der Waals surface area (Å²) in [5.74, 6) is -1.18. The SMILES string of the molecule is CCC(CC)O[C@@H]1C=C(C(=O)O)C[C@H](N)[C@H]1N[11C](C)=O. The van der Waals surface area contributed by atoms with Gasteiger partial charge in [0.2, 0.25) is 5.91 Å². The van der Waals surface area contributed by atoms with E-state index in [0.29, 0.717) is 0 Å². The number of nitrogens with two attached hydrogens (primary N) is 1. The van der Waals surface area contributed by atoms with Crippen LogP contribution in [0.1, 0.15) is 40.0 Å². The topological polar surface area (TPSA) is 102 Å². The average molecular weight is 283 g/mol. The van der Waals surface area contributed by atoms with Gasteiger partial charge in [-0.3, -0.25) is 4.79 Å². The van der Waals surface area contributed by atoms with E-state index in [1.54, 1.807) is 6.08 Å². The Bertz CT molecular complexity index is 391. The Morgan fingerprint density at radius 2 is 2.10 bits per heavy atom. The molecule has 4 N–H and O–H groups in total. The Hall–Kier alpha value is -1.40. The van der Waals surface area contributed by atoms with Gasteiger partial charge in [0.1, 0.15) is 0 Å². The van der Waals surface area contributed by atoms with Gasteiger partial charge >= 0.3 is 5.97 Å². The maximum Gasteiger partial charge on any atom is 0.331 e. The second-order valence-corrected chi connectivity index (χ2v) is 5.13. The molecule has 1 amide bonds. The van der Waals surface area contributed by atoms with Gasteiger partial charge in [0.25, 0.3) is 0 Å². The van der Waals surface area contributed by atoms with Crippen molar-refractivity contribution in [3.05, 3.63) is 11.6 Å². The van der Waals surface area contributed by atoms with Crippen LogP contribution in [0.2, 0.25) is 0 Å². The summed E-state index contributed by atoms with van der Waals surface area (Å²) >= 11 is 0. The van der Waals surface area contributed by atoms with Crippen molar-refractivity contribution in [2.24, 2.45) is 5.73 Å². The van der Waals surface area contributed by atoms with Crippen molar-refractivity contribution in [3.63, 3.8) is 0 Å². The molecule has 0 radical (unpaired) electrons. The Morgan fingerprint density at radius 3 is 2.55 bits per heavy atom. The zero-order valence-electron chi connectivity index (χ0n) is 12.3. The Labute approximate surface area is 119 Å². The standard InChI is InChI=1S/C14H24N2O4/c1-4-10(5-2)20-12-7-9(14(18)19)6-11(15)13(12)16-8(3)17/h7,10-13H,4-6,15H2,1-3H3,(H,16,17)(H,18,19)/t11-,12+,13+/m0/s1/i8-1. The van der Waals surface area contributed by atoms with Crippen molar-refractivity contribution >= 4 is 11.9 Å². The zero-order valence-corrected chi connectivity index (χ0v) is 12.3. The maximum absolute atomic E-state index is 11.3. The highest BCUT2D eigenvalue weighted by atomic mass is 16.5. The van der Waals surface area contributed by atoms with Gasteiger partial charge in [-0.05, 0) is 25.3 Å². The molecule has 0 saturated heterocycles. The molecule has 1 aliphatic carbocycles. The first-order valence-corrected chi connectivity index (χ1v) is 7.01. The van der Waals surface area contributed by atoms with E-state index in [4.69, 9.17) is 15.6 Å². The molecule has 1 rings (SSSR count). The number of carboxylic acids is 1. The first kappa shape index (κ1) is 16.7. The van der Waals surface area contributed by atoms with Gasteiger partial charge < -0.3 is 20.9 Å². The Balaban J connectivity index is 2.96. The van der Waals surface area contributed by atoms with E-state index in [1.807, 2.05) is 13.8 Å². The summed E-state index contributed by atoms with van der Waals surface area (Å²) in [5.41, 5.74) is 6.25. The van der Waals surface area contributed by atoms with Gasteiger partial charge in [-0.15, -0.1) is 0 Å². The van der Waals surface area contributed by atoms with Gasteiger partial charge in [0.15, 0.2) is 0 Å². The highest BCUT2D eigenvalue weighted by molar-refractivity contribution is 5.87. The van der Waals surface area contributed by atoms with Crippen LogP contribution in [0.5, 0.6) is 0 Å². The molecule has 3 atom stereocenters. The van der Waals surface area contributed by atoms with Gasteiger partial charge in [-0.2, -0.15) is 0 Å². The van der Waals surface area contributed by atoms with Gasteiger partial charge in [-0.1, -0.05) is 13.8 Å². The van der Waals surface area contributed by atoms with Crippen molar-refractivity contribution in [1.82, 2.24) is 5.32 Å². The second-order valence-electron chi connectivity index (χ2n) is 5.13. The van der Waals surface area contributed by atoms with Crippen LogP contribution in [0.25, 0.3) is 0 Å². The van der Waals surface area contributed by atoms with Crippen molar-refractivity contribution in [2.45, 2.75) is 64.3 Å². The number of ether oxygens (including phenoxy) is 1. The quantitative estimate of drug-likeness (QED) is 0.669. The molecular formula is C14H24N2O4. The molecule has 114 valence electrons. The number of carbonyl (C=O) groups excluding carboxylic acids is 1. The molecule has 0 bridgehead atoms. The fourth-order valence-corrected chi connectivity index (χ4v) is 2.40. The van der Waals surface area contributed by atoms with Crippen LogP contribution < -0.4 is 11.1 Å². The average Bonchev–Trinajstić information content (AvgIpc) is 2.38. The molecule has 0 unspecified atom stereocenters. The number of carboxylic acid groups (broad SMARTS) is 1. The number of aliphatic carboxylic acids is 1. The van der Waals surface area contributed by atoms with Gasteiger partial charge in [-0.25, -0.2) is 4.79 Å². The minimum atomic E-state index is -0.986. The van der Waals surface area contributed by atoms with Crippen LogP contribution in [0.15, 0.2) is 11.6 Å². The molecule has 6 heteroatoms. The molecule has 0 aromatic carbocycles. The third-order valence-corrected chi connectivity index (χ3v) is 3.54. The normalized spacial score (nSPS) is 26.2. The van der Waals surface area contributed by atoms with E-state index in [9.17, 15) is 9.59 Å². The van der Waals surface area contributed by atoms with Crippen molar-refractivity contribution in [3.8, 4) is 0 Å². The third-order valence-electron chi connectivity index (χ3n) is 3.54. The lowest BCUT2D eigenvalue weighted by Crippen LogP contribution is -2.57. The lowest BCUT2D eigenvalue weighted by molar-refractivity contribution is -0.133. The van der Waals surface area contributed by atoms with Crippen molar-refractivity contribution < 1.29 is 19.4 Å². The van der Waals surface area contributed by atoms with E-state index < -0.39 is 24.2 Å². The second kappa shape index (κ2) is 7.40. The van der Waals surface area contributed by atoms with Crippen molar-refractivity contribution in [1.29, 1.82) is 0 Å². The predicted octanol–water partition coefficient (Wildman–Crippen LogP) is 0.807. The first-order chi connectivity index (χ1) is 9.38. The summed E-state index contributed by atoms with van der Waals surface area (Å²) in [7, 11) is 0. The molecule has 0 aromatic heterocycles. The van der Waals surface area contributed by atoms with Crippen LogP contribution >= 0.6 is 0 Å². The fraction of sp³-hybridized carbons (Fsp3) is 0.714. The lowest BCUT2D eigenvalue weighted by atomic mass is 9.86. The molecule has 0 saturated carbocycles. The van der Waals surface area contributed by atoms with E-state index in [1.165, 1.54) is 6.92 Å². The number of rotatable bonds is 6. The van der Waals surface area contributed by atoms with Gasteiger partial charge in [0.05, 0.1) is 18.2 Å². The number of carbonyl (C=O) groups is 2. The Kier molecular flexibility index (Phi) is 6.16. The highest BCUT2D eigenvalue weighted by Gasteiger charge is 2.35. The van der Waals surface area contributed by atoms with Crippen LogP contribution in [-0.2, 0) is 14.3 Å². The van der Waals surface area contributed by atoms with Crippen molar-refractivity contribution in [2.75, 3.05) is 0 Å². The Morgan fingerprint density at radius 1 is 1.50 bits per heavy atom. The molecule has 0 aliphatic heterocycles. The number of hydrogen-bond donors (Lipinski definition) is 3. The summed E-state index contributed by atoms with van der Waals surface area (Å²) in [6.07, 6.45) is 2.97. The highest BCUT2D eigenvalue weighted by Crippen LogP contribution is 2.23. The summed E-state index contributed by atoms with van der Waals surface area (Å²) in [4.78, 5) is 22.4. The summed E-state index contributed by atoms with van der Waals surface area (Å²) < 4.78 is 5.92. The zero-order chi connectivity index (χ0) is 15.3. The molecule has 0 fully saturated rings. The molecule has 0 aromatic rings. The van der Waals surface area contributed by atoms with Crippen LogP contribution in [0.4, 0.5) is 0 Å². The largest absolute Gasteiger partial charge is 0.478 e. The number of amides is 1. The van der Waals surface area contributed by atoms with Gasteiger partial charge in [0, 0.05) is 18.5 Å². The smallest absolute Gasteiger partial charge is 0.331 e. The number of hydrogen-bond acceptors (Lipinski definition) is 4. The first-order valence-electron chi connectivity index (χ1n) is 7.01. The number of nitrogens with one attached hydrogen (secondary N) is 1. The molecule has 0 heterocycles.